The second-order valence-electron chi connectivity index (χ2n) is 3.88. The summed E-state index contributed by atoms with van der Waals surface area (Å²) in [5.41, 5.74) is 2.36. The van der Waals surface area contributed by atoms with Crippen molar-refractivity contribution in [2.45, 2.75) is 32.7 Å². The van der Waals surface area contributed by atoms with Crippen molar-refractivity contribution >= 4 is 0 Å². The van der Waals surface area contributed by atoms with E-state index in [1.165, 1.54) is 24.9 Å². The molecule has 0 amide bonds. The second-order valence-corrected chi connectivity index (χ2v) is 3.88. The maximum absolute atomic E-state index is 5.18. The lowest BCUT2D eigenvalue weighted by Gasteiger charge is -2.18. The molecule has 13 heavy (non-hydrogen) atoms. The molecular weight excluding hydrogens is 164 g/mol. The summed E-state index contributed by atoms with van der Waals surface area (Å²) in [6, 6.07) is 0.534. The van der Waals surface area contributed by atoms with E-state index in [9.17, 15) is 0 Å². The van der Waals surface area contributed by atoms with Crippen LogP contribution in [0.15, 0.2) is 4.52 Å². The lowest BCUT2D eigenvalue weighted by molar-refractivity contribution is 0.312. The Kier molecular flexibility index (Phi) is 2.12. The van der Waals surface area contributed by atoms with Gasteiger partial charge in [0.1, 0.15) is 5.76 Å². The maximum Gasteiger partial charge on any atom is 0.138 e. The van der Waals surface area contributed by atoms with Gasteiger partial charge < -0.3 is 4.52 Å². The molecule has 1 aromatic rings. The minimum Gasteiger partial charge on any atom is -0.361 e. The normalized spacial score (nSPS) is 24.1. The summed E-state index contributed by atoms with van der Waals surface area (Å²) in [5.74, 6) is 0.983. The summed E-state index contributed by atoms with van der Waals surface area (Å²) in [6.07, 6.45) is 2.52. The third kappa shape index (κ3) is 1.37. The SMILES string of the molecule is Cc1noc(C)c1C1CCCN1C. The van der Waals surface area contributed by atoms with Gasteiger partial charge in [-0.1, -0.05) is 5.16 Å². The summed E-state index contributed by atoms with van der Waals surface area (Å²) in [5, 5.41) is 3.99. The van der Waals surface area contributed by atoms with Crippen LogP contribution in [0.2, 0.25) is 0 Å². The van der Waals surface area contributed by atoms with Crippen molar-refractivity contribution < 1.29 is 4.52 Å². The van der Waals surface area contributed by atoms with Gasteiger partial charge in [0, 0.05) is 11.6 Å². The quantitative estimate of drug-likeness (QED) is 0.662. The number of hydrogen-bond donors (Lipinski definition) is 0. The number of aryl methyl sites for hydroxylation is 2. The lowest BCUT2D eigenvalue weighted by Crippen LogP contribution is -2.18. The Balaban J connectivity index is 2.33. The highest BCUT2D eigenvalue weighted by molar-refractivity contribution is 5.25. The van der Waals surface area contributed by atoms with Crippen LogP contribution in [-0.2, 0) is 0 Å². The smallest absolute Gasteiger partial charge is 0.138 e. The van der Waals surface area contributed by atoms with Gasteiger partial charge >= 0.3 is 0 Å². The van der Waals surface area contributed by atoms with Crippen molar-refractivity contribution in [3.05, 3.63) is 17.0 Å². The van der Waals surface area contributed by atoms with Crippen molar-refractivity contribution in [2.24, 2.45) is 0 Å². The van der Waals surface area contributed by atoms with Crippen molar-refractivity contribution in [3.63, 3.8) is 0 Å². The van der Waals surface area contributed by atoms with E-state index in [0.717, 1.165) is 11.5 Å². The molecule has 0 radical (unpaired) electrons. The lowest BCUT2D eigenvalue weighted by atomic mass is 10.0. The van der Waals surface area contributed by atoms with Crippen molar-refractivity contribution in [3.8, 4) is 0 Å². The van der Waals surface area contributed by atoms with Crippen LogP contribution in [0.1, 0.15) is 35.9 Å². The van der Waals surface area contributed by atoms with Crippen LogP contribution in [0.5, 0.6) is 0 Å². The number of nitrogens with zero attached hydrogens (tertiary/aromatic N) is 2. The van der Waals surface area contributed by atoms with E-state index in [1.54, 1.807) is 0 Å². The van der Waals surface area contributed by atoms with Crippen LogP contribution in [0.3, 0.4) is 0 Å². The molecule has 1 aliphatic heterocycles. The van der Waals surface area contributed by atoms with Crippen LogP contribution in [0.25, 0.3) is 0 Å². The van der Waals surface area contributed by atoms with Gasteiger partial charge in [-0.05, 0) is 40.3 Å². The van der Waals surface area contributed by atoms with Gasteiger partial charge in [-0.25, -0.2) is 0 Å². The van der Waals surface area contributed by atoms with E-state index in [1.807, 2.05) is 13.8 Å². The number of hydrogen-bond acceptors (Lipinski definition) is 3. The average Bonchev–Trinajstić information content (AvgIpc) is 2.60. The fourth-order valence-electron chi connectivity index (χ4n) is 2.24. The predicted molar refractivity (Wildman–Crippen MR) is 50.6 cm³/mol. The van der Waals surface area contributed by atoms with E-state index in [-0.39, 0.29) is 0 Å². The first-order valence-corrected chi connectivity index (χ1v) is 4.83. The molecule has 3 heteroatoms. The largest absolute Gasteiger partial charge is 0.361 e. The van der Waals surface area contributed by atoms with Gasteiger partial charge in [0.15, 0.2) is 0 Å². The first-order chi connectivity index (χ1) is 6.20. The van der Waals surface area contributed by atoms with Crippen molar-refractivity contribution in [1.29, 1.82) is 0 Å². The van der Waals surface area contributed by atoms with Gasteiger partial charge in [-0.2, -0.15) is 0 Å². The Bertz CT molecular complexity index is 286. The molecule has 72 valence electrons. The van der Waals surface area contributed by atoms with Crippen LogP contribution in [0, 0.1) is 13.8 Å². The Morgan fingerprint density at radius 3 is 2.69 bits per heavy atom. The minimum atomic E-state index is 0.534. The zero-order valence-corrected chi connectivity index (χ0v) is 8.50. The molecule has 0 N–H and O–H groups in total. The molecule has 1 saturated heterocycles. The standard InChI is InChI=1S/C10H16N2O/c1-7-10(8(2)13-11-7)9-5-4-6-12(9)3/h9H,4-6H2,1-3H3. The van der Waals surface area contributed by atoms with Gasteiger partial charge in [-0.15, -0.1) is 0 Å². The monoisotopic (exact) mass is 180 g/mol. The zero-order valence-electron chi connectivity index (χ0n) is 8.50. The third-order valence-corrected chi connectivity index (χ3v) is 2.94. The zero-order chi connectivity index (χ0) is 9.42. The van der Waals surface area contributed by atoms with E-state index >= 15 is 0 Å². The summed E-state index contributed by atoms with van der Waals surface area (Å²) < 4.78 is 5.18. The van der Waals surface area contributed by atoms with Crippen LogP contribution < -0.4 is 0 Å². The van der Waals surface area contributed by atoms with Crippen LogP contribution >= 0.6 is 0 Å². The van der Waals surface area contributed by atoms with E-state index < -0.39 is 0 Å². The van der Waals surface area contributed by atoms with Crippen LogP contribution in [0.4, 0.5) is 0 Å². The summed E-state index contributed by atoms with van der Waals surface area (Å²) in [4.78, 5) is 2.38. The average molecular weight is 180 g/mol. The highest BCUT2D eigenvalue weighted by Crippen LogP contribution is 2.33. The highest BCUT2D eigenvalue weighted by atomic mass is 16.5. The molecule has 0 spiro atoms. The molecule has 1 aromatic heterocycles. The molecule has 2 rings (SSSR count). The Labute approximate surface area is 78.7 Å². The van der Waals surface area contributed by atoms with Gasteiger partial charge in [0.25, 0.3) is 0 Å². The van der Waals surface area contributed by atoms with Crippen molar-refractivity contribution in [2.75, 3.05) is 13.6 Å². The van der Waals surface area contributed by atoms with Gasteiger partial charge in [0.2, 0.25) is 0 Å². The topological polar surface area (TPSA) is 29.3 Å². The molecule has 1 atom stereocenters. The van der Waals surface area contributed by atoms with E-state index in [2.05, 4.69) is 17.1 Å². The summed E-state index contributed by atoms with van der Waals surface area (Å²) >= 11 is 0. The molecule has 0 bridgehead atoms. The Hall–Kier alpha value is -0.830. The Morgan fingerprint density at radius 2 is 2.23 bits per heavy atom. The Morgan fingerprint density at radius 1 is 1.46 bits per heavy atom. The molecule has 0 aromatic carbocycles. The minimum absolute atomic E-state index is 0.534. The van der Waals surface area contributed by atoms with Crippen LogP contribution in [-0.4, -0.2) is 23.6 Å². The first-order valence-electron chi connectivity index (χ1n) is 4.83. The van der Waals surface area contributed by atoms with Gasteiger partial charge in [-0.3, -0.25) is 4.90 Å². The summed E-state index contributed by atoms with van der Waals surface area (Å²) in [7, 11) is 2.17. The first kappa shape index (κ1) is 8.75. The van der Waals surface area contributed by atoms with Gasteiger partial charge in [0.05, 0.1) is 5.69 Å². The number of likely N-dealkylation sites (tertiary alicyclic amines) is 1. The number of aromatic nitrogens is 1. The van der Waals surface area contributed by atoms with Crippen molar-refractivity contribution in [1.82, 2.24) is 10.1 Å². The highest BCUT2D eigenvalue weighted by Gasteiger charge is 2.27. The molecule has 0 aliphatic carbocycles. The fourth-order valence-corrected chi connectivity index (χ4v) is 2.24. The summed E-state index contributed by atoms with van der Waals surface area (Å²) in [6.45, 7) is 5.22. The molecule has 2 heterocycles. The predicted octanol–water partition coefficient (Wildman–Crippen LogP) is 2.06. The number of rotatable bonds is 1. The molecule has 1 unspecified atom stereocenters. The molecule has 3 nitrogen and oxygen atoms in total. The van der Waals surface area contributed by atoms with E-state index in [4.69, 9.17) is 4.52 Å². The molecule has 1 aliphatic rings. The second kappa shape index (κ2) is 3.14. The molecule has 1 fully saturated rings. The molecule has 0 saturated carbocycles. The fraction of sp³-hybridized carbons (Fsp3) is 0.700. The third-order valence-electron chi connectivity index (χ3n) is 2.94. The molecular formula is C10H16N2O. The van der Waals surface area contributed by atoms with E-state index in [0.29, 0.717) is 6.04 Å². The maximum atomic E-state index is 5.18.